The van der Waals surface area contributed by atoms with Gasteiger partial charge in [-0.1, -0.05) is 13.8 Å². The maximum absolute atomic E-state index is 6.01. The highest BCUT2D eigenvalue weighted by atomic mass is 32.2. The number of hydrogen-bond donors (Lipinski definition) is 2. The maximum Gasteiger partial charge on any atom is 0.135 e. The zero-order valence-corrected chi connectivity index (χ0v) is 13.8. The molecule has 0 spiro atoms. The minimum atomic E-state index is 0.297. The summed E-state index contributed by atoms with van der Waals surface area (Å²) in [5.41, 5.74) is 6.99. The predicted octanol–water partition coefficient (Wildman–Crippen LogP) is 3.58. The van der Waals surface area contributed by atoms with E-state index >= 15 is 0 Å². The molecule has 1 heterocycles. The van der Waals surface area contributed by atoms with Gasteiger partial charge in [-0.05, 0) is 38.9 Å². The summed E-state index contributed by atoms with van der Waals surface area (Å²) in [6.07, 6.45) is 7.21. The Bertz CT molecular complexity index is 453. The van der Waals surface area contributed by atoms with E-state index in [0.717, 1.165) is 22.5 Å². The second-order valence-electron chi connectivity index (χ2n) is 5.95. The smallest absolute Gasteiger partial charge is 0.135 e. The molecule has 0 unspecified atom stereocenters. The summed E-state index contributed by atoms with van der Waals surface area (Å²) in [6.45, 7) is 6.18. The summed E-state index contributed by atoms with van der Waals surface area (Å²) >= 11 is 1.99. The third-order valence-electron chi connectivity index (χ3n) is 4.07. The van der Waals surface area contributed by atoms with Gasteiger partial charge in [0.15, 0.2) is 0 Å². The van der Waals surface area contributed by atoms with Crippen molar-refractivity contribution in [1.29, 1.82) is 0 Å². The van der Waals surface area contributed by atoms with Crippen molar-refractivity contribution in [3.8, 4) is 0 Å². The first kappa shape index (κ1) is 15.4. The summed E-state index contributed by atoms with van der Waals surface area (Å²) in [5.74, 6) is 2.65. The van der Waals surface area contributed by atoms with E-state index in [0.29, 0.717) is 17.8 Å². The molecule has 0 radical (unpaired) electrons. The number of nitrogens with two attached hydrogens (primary N) is 1. The summed E-state index contributed by atoms with van der Waals surface area (Å²) in [6, 6.07) is 0.520. The van der Waals surface area contributed by atoms with E-state index in [1.807, 2.05) is 18.7 Å². The van der Waals surface area contributed by atoms with Crippen LogP contribution in [0.3, 0.4) is 0 Å². The van der Waals surface area contributed by atoms with Crippen molar-refractivity contribution < 1.29 is 0 Å². The van der Waals surface area contributed by atoms with Crippen molar-refractivity contribution in [1.82, 2.24) is 9.97 Å². The van der Waals surface area contributed by atoms with Crippen molar-refractivity contribution in [2.75, 3.05) is 17.3 Å². The van der Waals surface area contributed by atoms with E-state index in [4.69, 9.17) is 5.73 Å². The Hall–Kier alpha value is -0.970. The van der Waals surface area contributed by atoms with Crippen LogP contribution < -0.4 is 11.1 Å². The van der Waals surface area contributed by atoms with Crippen molar-refractivity contribution in [2.24, 2.45) is 0 Å². The molecule has 1 aliphatic carbocycles. The van der Waals surface area contributed by atoms with Crippen LogP contribution in [0.25, 0.3) is 0 Å². The number of anilines is 2. The topological polar surface area (TPSA) is 63.8 Å². The van der Waals surface area contributed by atoms with E-state index in [-0.39, 0.29) is 0 Å². The fourth-order valence-corrected chi connectivity index (χ4v) is 3.33. The highest BCUT2D eigenvalue weighted by Crippen LogP contribution is 2.30. The van der Waals surface area contributed by atoms with Gasteiger partial charge in [-0.25, -0.2) is 9.97 Å². The SMILES string of the molecule is CSC1CCC(Nc2nc(C(C)C)nc(N)c2C)CC1. The van der Waals surface area contributed by atoms with E-state index in [2.05, 4.69) is 35.4 Å². The van der Waals surface area contributed by atoms with Crippen LogP contribution >= 0.6 is 11.8 Å². The Balaban J connectivity index is 2.09. The van der Waals surface area contributed by atoms with Gasteiger partial charge in [0, 0.05) is 22.8 Å². The molecule has 0 saturated heterocycles. The Labute approximate surface area is 126 Å². The summed E-state index contributed by atoms with van der Waals surface area (Å²) in [5, 5.41) is 4.42. The van der Waals surface area contributed by atoms with E-state index < -0.39 is 0 Å². The van der Waals surface area contributed by atoms with Gasteiger partial charge in [-0.2, -0.15) is 11.8 Å². The Kier molecular flexibility index (Phi) is 5.13. The van der Waals surface area contributed by atoms with Crippen LogP contribution in [0.15, 0.2) is 0 Å². The Morgan fingerprint density at radius 3 is 2.40 bits per heavy atom. The number of aromatic nitrogens is 2. The van der Waals surface area contributed by atoms with Gasteiger partial charge in [0.05, 0.1) is 0 Å². The molecule has 1 aromatic rings. The maximum atomic E-state index is 6.01. The number of nitrogens with one attached hydrogen (secondary N) is 1. The summed E-state index contributed by atoms with van der Waals surface area (Å²) < 4.78 is 0. The minimum Gasteiger partial charge on any atom is -0.383 e. The molecule has 3 N–H and O–H groups in total. The minimum absolute atomic E-state index is 0.297. The Morgan fingerprint density at radius 1 is 1.20 bits per heavy atom. The number of thioether (sulfide) groups is 1. The Morgan fingerprint density at radius 2 is 1.85 bits per heavy atom. The number of nitrogens with zero attached hydrogens (tertiary/aromatic N) is 2. The van der Waals surface area contributed by atoms with E-state index in [1.54, 1.807) is 0 Å². The molecule has 1 fully saturated rings. The normalized spacial score (nSPS) is 23.1. The lowest BCUT2D eigenvalue weighted by molar-refractivity contribution is 0.472. The van der Waals surface area contributed by atoms with Gasteiger partial charge in [0.2, 0.25) is 0 Å². The molecule has 0 bridgehead atoms. The van der Waals surface area contributed by atoms with Crippen LogP contribution in [-0.2, 0) is 0 Å². The summed E-state index contributed by atoms with van der Waals surface area (Å²) in [4.78, 5) is 9.03. The zero-order valence-electron chi connectivity index (χ0n) is 12.9. The monoisotopic (exact) mass is 294 g/mol. The molecule has 1 saturated carbocycles. The molecule has 0 aliphatic heterocycles. The van der Waals surface area contributed by atoms with E-state index in [1.165, 1.54) is 25.7 Å². The van der Waals surface area contributed by atoms with Crippen molar-refractivity contribution in [3.05, 3.63) is 11.4 Å². The van der Waals surface area contributed by atoms with Gasteiger partial charge >= 0.3 is 0 Å². The van der Waals surface area contributed by atoms with Crippen LogP contribution in [0.5, 0.6) is 0 Å². The molecular formula is C15H26N4S. The molecule has 112 valence electrons. The molecule has 2 rings (SSSR count). The van der Waals surface area contributed by atoms with Crippen molar-refractivity contribution in [3.63, 3.8) is 0 Å². The summed E-state index contributed by atoms with van der Waals surface area (Å²) in [7, 11) is 0. The lowest BCUT2D eigenvalue weighted by atomic mass is 9.95. The quantitative estimate of drug-likeness (QED) is 0.888. The standard InChI is InChI=1S/C15H26N4S/c1-9(2)14-18-13(16)10(3)15(19-14)17-11-5-7-12(20-4)8-6-11/h9,11-12H,5-8H2,1-4H3,(H3,16,17,18,19). The van der Waals surface area contributed by atoms with Crippen molar-refractivity contribution in [2.45, 2.75) is 63.7 Å². The number of nitrogen functional groups attached to an aromatic ring is 1. The highest BCUT2D eigenvalue weighted by Gasteiger charge is 2.22. The van der Waals surface area contributed by atoms with E-state index in [9.17, 15) is 0 Å². The largest absolute Gasteiger partial charge is 0.383 e. The highest BCUT2D eigenvalue weighted by molar-refractivity contribution is 7.99. The fraction of sp³-hybridized carbons (Fsp3) is 0.733. The first-order chi connectivity index (χ1) is 9.51. The average molecular weight is 294 g/mol. The average Bonchev–Trinajstić information content (AvgIpc) is 2.44. The second-order valence-corrected chi connectivity index (χ2v) is 7.09. The van der Waals surface area contributed by atoms with Crippen molar-refractivity contribution >= 4 is 23.4 Å². The molecule has 5 heteroatoms. The number of rotatable bonds is 4. The lowest BCUT2D eigenvalue weighted by Crippen LogP contribution is -2.28. The predicted molar refractivity (Wildman–Crippen MR) is 88.5 cm³/mol. The molecule has 0 atom stereocenters. The van der Waals surface area contributed by atoms with Crippen LogP contribution in [-0.4, -0.2) is 27.5 Å². The second kappa shape index (κ2) is 6.66. The van der Waals surface area contributed by atoms with Gasteiger partial charge in [0.1, 0.15) is 17.5 Å². The van der Waals surface area contributed by atoms with Gasteiger partial charge in [-0.15, -0.1) is 0 Å². The fourth-order valence-electron chi connectivity index (χ4n) is 2.59. The zero-order chi connectivity index (χ0) is 14.7. The van der Waals surface area contributed by atoms with Crippen LogP contribution in [0.4, 0.5) is 11.6 Å². The molecular weight excluding hydrogens is 268 g/mol. The molecule has 0 aromatic carbocycles. The van der Waals surface area contributed by atoms with Gasteiger partial charge in [0.25, 0.3) is 0 Å². The van der Waals surface area contributed by atoms with Crippen LogP contribution in [0, 0.1) is 6.92 Å². The number of hydrogen-bond acceptors (Lipinski definition) is 5. The molecule has 1 aliphatic rings. The first-order valence-corrected chi connectivity index (χ1v) is 8.73. The molecule has 20 heavy (non-hydrogen) atoms. The van der Waals surface area contributed by atoms with Crippen LogP contribution in [0.1, 0.15) is 56.8 Å². The lowest BCUT2D eigenvalue weighted by Gasteiger charge is -2.29. The molecule has 1 aromatic heterocycles. The third kappa shape index (κ3) is 3.57. The molecule has 0 amide bonds. The van der Waals surface area contributed by atoms with Crippen LogP contribution in [0.2, 0.25) is 0 Å². The first-order valence-electron chi connectivity index (χ1n) is 7.44. The van der Waals surface area contributed by atoms with Gasteiger partial charge < -0.3 is 11.1 Å². The third-order valence-corrected chi connectivity index (χ3v) is 5.20. The molecule has 4 nitrogen and oxygen atoms in total. The van der Waals surface area contributed by atoms with Gasteiger partial charge in [-0.3, -0.25) is 0 Å².